The van der Waals surface area contributed by atoms with Gasteiger partial charge in [0.1, 0.15) is 36.4 Å². The third kappa shape index (κ3) is 9.47. The standard InChI is InChI=1S/C26H32N6O11S/c1-12-6-8-17(9-7-12)44-26-24(40-16(5)36)22(19(42-26)11-37-13(2)33)43-25-20(30-32-28)23(39-15(4)35)21(38-14(3)34)18(41-25)10-29-31-27/h6-9,18-26H,10-11H2,1-5H3/t18-,19+,20?,21+,22+,23+,24+,25+,26-/m0/s1. The number of nitrogens with zero attached hydrogens (tertiary/aromatic N) is 6. The summed E-state index contributed by atoms with van der Waals surface area (Å²) in [6.45, 7) is 5.81. The molecule has 44 heavy (non-hydrogen) atoms. The molecular weight excluding hydrogens is 604 g/mol. The van der Waals surface area contributed by atoms with Crippen LogP contribution in [0.2, 0.25) is 0 Å². The fourth-order valence-electron chi connectivity index (χ4n) is 4.62. The van der Waals surface area contributed by atoms with Crippen molar-refractivity contribution >= 4 is 35.6 Å². The Balaban J connectivity index is 2.04. The summed E-state index contributed by atoms with van der Waals surface area (Å²) in [7, 11) is 0. The highest BCUT2D eigenvalue weighted by atomic mass is 32.2. The summed E-state index contributed by atoms with van der Waals surface area (Å²) in [4.78, 5) is 54.3. The molecule has 1 unspecified atom stereocenters. The number of hydrogen-bond acceptors (Lipinski definition) is 14. The van der Waals surface area contributed by atoms with E-state index in [2.05, 4.69) is 20.1 Å². The Labute approximate surface area is 256 Å². The maximum absolute atomic E-state index is 12.2. The summed E-state index contributed by atoms with van der Waals surface area (Å²) in [5, 5.41) is 7.21. The SMILES string of the molecule is CC(=O)OC[C@H]1O[C@@H](Sc2ccc(C)cc2)[C@H](OC(C)=O)[C@@H]1O[C@H]1O[C@@H](CN=[N+]=[N-])[C@@H](OC(C)=O)[C@H](OC(C)=O)C1N=[N+]=[N-]. The molecule has 18 heteroatoms. The van der Waals surface area contributed by atoms with Crippen LogP contribution in [-0.2, 0) is 52.3 Å². The lowest BCUT2D eigenvalue weighted by atomic mass is 9.96. The van der Waals surface area contributed by atoms with Crippen molar-refractivity contribution in [2.24, 2.45) is 10.2 Å². The van der Waals surface area contributed by atoms with Crippen molar-refractivity contribution < 1.29 is 52.3 Å². The Bertz CT molecular complexity index is 1300. The van der Waals surface area contributed by atoms with Crippen molar-refractivity contribution in [1.29, 1.82) is 0 Å². The molecule has 0 amide bonds. The van der Waals surface area contributed by atoms with E-state index in [-0.39, 0.29) is 6.61 Å². The van der Waals surface area contributed by atoms with E-state index in [4.69, 9.17) is 38.7 Å². The second kappa shape index (κ2) is 16.1. The van der Waals surface area contributed by atoms with Crippen molar-refractivity contribution in [3.63, 3.8) is 0 Å². The summed E-state index contributed by atoms with van der Waals surface area (Å²) in [6.07, 6.45) is -8.89. The van der Waals surface area contributed by atoms with Gasteiger partial charge in [-0.25, -0.2) is 0 Å². The summed E-state index contributed by atoms with van der Waals surface area (Å²) < 4.78 is 40.0. The third-order valence-corrected chi connectivity index (χ3v) is 7.47. The Morgan fingerprint density at radius 3 is 2.00 bits per heavy atom. The minimum absolute atomic E-state index is 0.312. The highest BCUT2D eigenvalue weighted by molar-refractivity contribution is 7.99. The minimum Gasteiger partial charge on any atom is -0.463 e. The van der Waals surface area contributed by atoms with E-state index in [1.165, 1.54) is 25.6 Å². The number of hydrogen-bond donors (Lipinski definition) is 0. The number of azide groups is 2. The highest BCUT2D eigenvalue weighted by Gasteiger charge is 2.55. The molecule has 1 aromatic carbocycles. The van der Waals surface area contributed by atoms with Gasteiger partial charge in [0.15, 0.2) is 24.6 Å². The van der Waals surface area contributed by atoms with E-state index in [0.717, 1.165) is 24.3 Å². The van der Waals surface area contributed by atoms with Crippen LogP contribution in [0.5, 0.6) is 0 Å². The van der Waals surface area contributed by atoms with Crippen molar-refractivity contribution in [3.8, 4) is 0 Å². The van der Waals surface area contributed by atoms with Crippen LogP contribution < -0.4 is 0 Å². The topological polar surface area (TPSA) is 230 Å². The molecule has 2 saturated heterocycles. The van der Waals surface area contributed by atoms with Gasteiger partial charge >= 0.3 is 23.9 Å². The summed E-state index contributed by atoms with van der Waals surface area (Å²) in [5.74, 6) is -2.87. The molecule has 2 aliphatic rings. The van der Waals surface area contributed by atoms with Gasteiger partial charge in [0.25, 0.3) is 0 Å². The highest BCUT2D eigenvalue weighted by Crippen LogP contribution is 2.40. The van der Waals surface area contributed by atoms with E-state index in [1.807, 2.05) is 31.2 Å². The first-order valence-electron chi connectivity index (χ1n) is 13.3. The lowest BCUT2D eigenvalue weighted by molar-refractivity contribution is -0.285. The van der Waals surface area contributed by atoms with Crippen LogP contribution in [0.3, 0.4) is 0 Å². The van der Waals surface area contributed by atoms with E-state index in [9.17, 15) is 24.7 Å². The van der Waals surface area contributed by atoms with Crippen molar-refractivity contribution in [2.45, 2.75) is 93.9 Å². The molecule has 0 radical (unpaired) electrons. The predicted molar refractivity (Wildman–Crippen MR) is 149 cm³/mol. The average Bonchev–Trinajstić information content (AvgIpc) is 3.25. The molecule has 0 bridgehead atoms. The van der Waals surface area contributed by atoms with Crippen molar-refractivity contribution in [2.75, 3.05) is 13.2 Å². The normalized spacial score (nSPS) is 29.3. The molecule has 2 heterocycles. The van der Waals surface area contributed by atoms with Gasteiger partial charge < -0.3 is 33.2 Å². The zero-order valence-corrected chi connectivity index (χ0v) is 25.3. The second-order valence-electron chi connectivity index (χ2n) is 9.75. The maximum atomic E-state index is 12.2. The Kier molecular flexibility index (Phi) is 12.6. The molecule has 0 N–H and O–H groups in total. The van der Waals surface area contributed by atoms with E-state index in [1.54, 1.807) is 0 Å². The van der Waals surface area contributed by atoms with Crippen LogP contribution in [0.25, 0.3) is 20.9 Å². The monoisotopic (exact) mass is 636 g/mol. The van der Waals surface area contributed by atoms with Crippen LogP contribution in [0.1, 0.15) is 33.3 Å². The molecule has 1 aromatic rings. The van der Waals surface area contributed by atoms with Gasteiger partial charge in [-0.3, -0.25) is 19.2 Å². The zero-order valence-electron chi connectivity index (χ0n) is 24.5. The van der Waals surface area contributed by atoms with Crippen LogP contribution in [0.15, 0.2) is 39.4 Å². The fourth-order valence-corrected chi connectivity index (χ4v) is 5.72. The lowest BCUT2D eigenvalue weighted by Crippen LogP contribution is -2.62. The van der Waals surface area contributed by atoms with Gasteiger partial charge in [0.2, 0.25) is 0 Å². The first-order chi connectivity index (χ1) is 20.9. The van der Waals surface area contributed by atoms with Gasteiger partial charge in [-0.1, -0.05) is 39.7 Å². The molecule has 0 aliphatic carbocycles. The second-order valence-corrected chi connectivity index (χ2v) is 10.9. The Morgan fingerprint density at radius 1 is 0.818 bits per heavy atom. The number of rotatable bonds is 12. The largest absolute Gasteiger partial charge is 0.463 e. The molecule has 238 valence electrons. The molecule has 0 spiro atoms. The number of carbonyl (C=O) groups excluding carboxylic acids is 4. The number of benzene rings is 1. The zero-order chi connectivity index (χ0) is 32.4. The van der Waals surface area contributed by atoms with Gasteiger partial charge in [0.05, 0.1) is 6.54 Å². The third-order valence-electron chi connectivity index (χ3n) is 6.31. The predicted octanol–water partition coefficient (Wildman–Crippen LogP) is 3.27. The number of carbonyl (C=O) groups is 4. The smallest absolute Gasteiger partial charge is 0.303 e. The average molecular weight is 637 g/mol. The van der Waals surface area contributed by atoms with Gasteiger partial charge in [-0.15, -0.1) is 0 Å². The first-order valence-corrected chi connectivity index (χ1v) is 14.2. The van der Waals surface area contributed by atoms with Crippen LogP contribution in [0.4, 0.5) is 0 Å². The number of esters is 4. The molecule has 3 rings (SSSR count). The van der Waals surface area contributed by atoms with E-state index in [0.29, 0.717) is 0 Å². The molecule has 0 aromatic heterocycles. The van der Waals surface area contributed by atoms with E-state index < -0.39 is 84.8 Å². The Morgan fingerprint density at radius 2 is 1.43 bits per heavy atom. The quantitative estimate of drug-likeness (QED) is 0.106. The number of aryl methyl sites for hydroxylation is 1. The molecule has 17 nitrogen and oxygen atoms in total. The summed E-state index contributed by atoms with van der Waals surface area (Å²) in [5.41, 5.74) is 18.5. The molecular formula is C26H32N6O11S. The van der Waals surface area contributed by atoms with Crippen LogP contribution >= 0.6 is 11.8 Å². The fraction of sp³-hybridized carbons (Fsp3) is 0.615. The van der Waals surface area contributed by atoms with Gasteiger partial charge in [0, 0.05) is 42.4 Å². The minimum atomic E-state index is -1.55. The summed E-state index contributed by atoms with van der Waals surface area (Å²) in [6, 6.07) is 6.03. The van der Waals surface area contributed by atoms with Gasteiger partial charge in [-0.2, -0.15) is 0 Å². The maximum Gasteiger partial charge on any atom is 0.303 e. The van der Waals surface area contributed by atoms with Crippen molar-refractivity contribution in [3.05, 3.63) is 50.7 Å². The molecule has 2 aliphatic heterocycles. The van der Waals surface area contributed by atoms with E-state index >= 15 is 0 Å². The first kappa shape index (κ1) is 34.4. The Hall–Kier alpha value is -4.05. The van der Waals surface area contributed by atoms with Crippen molar-refractivity contribution in [1.82, 2.24) is 0 Å². The van der Waals surface area contributed by atoms with Crippen LogP contribution in [0, 0.1) is 6.92 Å². The summed E-state index contributed by atoms with van der Waals surface area (Å²) >= 11 is 1.23. The molecule has 9 atom stereocenters. The van der Waals surface area contributed by atoms with Crippen LogP contribution in [-0.4, -0.2) is 91.4 Å². The lowest BCUT2D eigenvalue weighted by Gasteiger charge is -2.44. The molecule has 0 saturated carbocycles. The molecule has 2 fully saturated rings. The van der Waals surface area contributed by atoms with Gasteiger partial charge in [-0.05, 0) is 30.1 Å². The number of ether oxygens (including phenoxy) is 7. The number of thioether (sulfide) groups is 1.